The van der Waals surface area contributed by atoms with Gasteiger partial charge < -0.3 is 10.6 Å². The smallest absolute Gasteiger partial charge is 0.338 e. The van der Waals surface area contributed by atoms with Crippen LogP contribution in [0, 0.1) is 0 Å². The van der Waals surface area contributed by atoms with E-state index in [4.69, 9.17) is 0 Å². The van der Waals surface area contributed by atoms with Gasteiger partial charge in [-0.3, -0.25) is 0 Å². The molecule has 0 radical (unpaired) electrons. The second-order valence-electron chi connectivity index (χ2n) is 4.55. The molecule has 0 aliphatic rings. The van der Waals surface area contributed by atoms with E-state index in [0.29, 0.717) is 0 Å². The summed E-state index contributed by atoms with van der Waals surface area (Å²) < 4.78 is 116. The van der Waals surface area contributed by atoms with Gasteiger partial charge in [-0.25, -0.2) is 21.6 Å². The first-order valence-electron chi connectivity index (χ1n) is 6.13. The van der Waals surface area contributed by atoms with Gasteiger partial charge in [0.05, 0.1) is 0 Å². The number of carbonyl (C=O) groups is 1. The molecule has 1 atom stereocenters. The Bertz CT molecular complexity index is 611. The highest BCUT2D eigenvalue weighted by Crippen LogP contribution is 2.38. The number of rotatable bonds is 6. The lowest BCUT2D eigenvalue weighted by molar-refractivity contribution is -0.0473. The van der Waals surface area contributed by atoms with Gasteiger partial charge in [-0.2, -0.15) is 26.3 Å². The van der Waals surface area contributed by atoms with Crippen molar-refractivity contribution in [3.8, 4) is 0 Å². The molecule has 0 rings (SSSR count). The van der Waals surface area contributed by atoms with E-state index in [0.717, 1.165) is 6.92 Å². The van der Waals surface area contributed by atoms with Gasteiger partial charge in [0.15, 0.2) is 4.58 Å². The molecule has 0 aliphatic heterocycles. The minimum absolute atomic E-state index is 0.0592. The van der Waals surface area contributed by atoms with Crippen molar-refractivity contribution in [2.75, 3.05) is 6.54 Å². The Labute approximate surface area is 133 Å². The lowest BCUT2D eigenvalue weighted by atomic mass is 10.3. The summed E-state index contributed by atoms with van der Waals surface area (Å²) in [5, 5.41) is 3.94. The van der Waals surface area contributed by atoms with Gasteiger partial charge in [0.1, 0.15) is 0 Å². The van der Waals surface area contributed by atoms with Crippen LogP contribution >= 0.6 is 0 Å². The predicted octanol–water partition coefficient (Wildman–Crippen LogP) is 1.28. The fourth-order valence-corrected chi connectivity index (χ4v) is 5.17. The summed E-state index contributed by atoms with van der Waals surface area (Å²) in [6.45, 7) is 2.37. The molecule has 0 aliphatic carbocycles. The number of hydrogen-bond acceptors (Lipinski definition) is 5. The molecule has 2 amide bonds. The summed E-state index contributed by atoms with van der Waals surface area (Å²) in [5.41, 5.74) is -12.4. The van der Waals surface area contributed by atoms with Gasteiger partial charge in [0.25, 0.3) is 19.7 Å². The van der Waals surface area contributed by atoms with Crippen LogP contribution in [-0.4, -0.2) is 51.1 Å². The number of sulfone groups is 2. The molecule has 144 valence electrons. The van der Waals surface area contributed by atoms with Gasteiger partial charge in [-0.1, -0.05) is 0 Å². The standard InChI is InChI=1S/C9H14F6N2O5S2/c1-3-16-7(18)17-5(2)4-6(23(19,20)8(10,11)12)24(21,22)9(13,14)15/h5-6H,3-4H2,1-2H3,(H2,16,17,18). The van der Waals surface area contributed by atoms with Gasteiger partial charge in [0.2, 0.25) is 0 Å². The fourth-order valence-electron chi connectivity index (χ4n) is 1.50. The van der Waals surface area contributed by atoms with E-state index in [1.54, 1.807) is 0 Å². The number of halogens is 6. The Morgan fingerprint density at radius 1 is 0.958 bits per heavy atom. The van der Waals surface area contributed by atoms with E-state index >= 15 is 0 Å². The maximum absolute atomic E-state index is 12.5. The zero-order valence-electron chi connectivity index (χ0n) is 12.2. The Balaban J connectivity index is 5.83. The zero-order valence-corrected chi connectivity index (χ0v) is 13.8. The number of alkyl halides is 6. The lowest BCUT2D eigenvalue weighted by Crippen LogP contribution is -2.49. The molecule has 0 heterocycles. The van der Waals surface area contributed by atoms with Crippen LogP contribution in [0.3, 0.4) is 0 Å². The van der Waals surface area contributed by atoms with Crippen molar-refractivity contribution < 1.29 is 48.0 Å². The van der Waals surface area contributed by atoms with Crippen LogP contribution in [0.25, 0.3) is 0 Å². The largest absolute Gasteiger partial charge is 0.498 e. The molecule has 2 N–H and O–H groups in total. The van der Waals surface area contributed by atoms with Gasteiger partial charge in [0, 0.05) is 12.6 Å². The second-order valence-corrected chi connectivity index (χ2v) is 9.09. The molecule has 0 aromatic carbocycles. The summed E-state index contributed by atoms with van der Waals surface area (Å²) in [6, 6.07) is -2.63. The van der Waals surface area contributed by atoms with Crippen LogP contribution in [0.2, 0.25) is 0 Å². The topological polar surface area (TPSA) is 109 Å². The van der Waals surface area contributed by atoms with Crippen LogP contribution < -0.4 is 10.6 Å². The van der Waals surface area contributed by atoms with Gasteiger partial charge in [-0.15, -0.1) is 0 Å². The molecule has 7 nitrogen and oxygen atoms in total. The Morgan fingerprint density at radius 2 is 1.33 bits per heavy atom. The molecule has 0 aromatic rings. The van der Waals surface area contributed by atoms with E-state index in [2.05, 4.69) is 5.32 Å². The number of nitrogens with one attached hydrogen (secondary N) is 2. The first-order chi connectivity index (χ1) is 10.5. The molecular formula is C9H14F6N2O5S2. The first kappa shape index (κ1) is 22.8. The van der Waals surface area contributed by atoms with Crippen molar-refractivity contribution >= 4 is 25.7 Å². The molecule has 24 heavy (non-hydrogen) atoms. The molecule has 0 saturated carbocycles. The Morgan fingerprint density at radius 3 is 1.62 bits per heavy atom. The van der Waals surface area contributed by atoms with E-state index in [1.165, 1.54) is 6.92 Å². The molecule has 0 bridgehead atoms. The molecule has 1 unspecified atom stereocenters. The average Bonchev–Trinajstić information content (AvgIpc) is 2.32. The summed E-state index contributed by atoms with van der Waals surface area (Å²) >= 11 is 0. The highest BCUT2D eigenvalue weighted by Gasteiger charge is 2.62. The molecule has 15 heteroatoms. The third-order valence-corrected chi connectivity index (χ3v) is 7.18. The highest BCUT2D eigenvalue weighted by atomic mass is 32.3. The van der Waals surface area contributed by atoms with Crippen LogP contribution in [0.4, 0.5) is 31.1 Å². The quantitative estimate of drug-likeness (QED) is 0.644. The second kappa shape index (κ2) is 7.33. The predicted molar refractivity (Wildman–Crippen MR) is 70.0 cm³/mol. The van der Waals surface area contributed by atoms with Crippen LogP contribution in [0.15, 0.2) is 0 Å². The van der Waals surface area contributed by atoms with Crippen molar-refractivity contribution in [1.82, 2.24) is 10.6 Å². The maximum Gasteiger partial charge on any atom is 0.498 e. The maximum atomic E-state index is 12.5. The van der Waals surface area contributed by atoms with Crippen molar-refractivity contribution in [3.05, 3.63) is 0 Å². The van der Waals surface area contributed by atoms with Crippen molar-refractivity contribution in [2.45, 2.75) is 41.9 Å². The van der Waals surface area contributed by atoms with Crippen LogP contribution in [-0.2, 0) is 19.7 Å². The van der Waals surface area contributed by atoms with Crippen molar-refractivity contribution in [1.29, 1.82) is 0 Å². The summed E-state index contributed by atoms with van der Waals surface area (Å²) in [4.78, 5) is 11.2. The third-order valence-electron chi connectivity index (χ3n) is 2.60. The summed E-state index contributed by atoms with van der Waals surface area (Å²) in [5.74, 6) is 0. The Hall–Kier alpha value is -1.25. The fraction of sp³-hybridized carbons (Fsp3) is 0.889. The van der Waals surface area contributed by atoms with Crippen LogP contribution in [0.1, 0.15) is 20.3 Å². The SMILES string of the molecule is CCNC(=O)NC(C)CC(S(=O)(=O)C(F)(F)F)S(=O)(=O)C(F)(F)F. The Kier molecular flexibility index (Phi) is 6.95. The molecule has 0 spiro atoms. The minimum atomic E-state index is -6.70. The van der Waals surface area contributed by atoms with E-state index in [-0.39, 0.29) is 6.54 Å². The van der Waals surface area contributed by atoms with E-state index in [1.807, 2.05) is 5.32 Å². The normalized spacial score (nSPS) is 15.2. The number of amides is 2. The monoisotopic (exact) mass is 408 g/mol. The summed E-state index contributed by atoms with van der Waals surface area (Å²) in [7, 11) is -13.4. The third kappa shape index (κ3) is 5.12. The van der Waals surface area contributed by atoms with E-state index in [9.17, 15) is 48.0 Å². The van der Waals surface area contributed by atoms with E-state index < -0.39 is 53.8 Å². The molecule has 0 saturated heterocycles. The lowest BCUT2D eigenvalue weighted by Gasteiger charge is -2.24. The number of urea groups is 1. The van der Waals surface area contributed by atoms with Crippen molar-refractivity contribution in [3.63, 3.8) is 0 Å². The first-order valence-corrected chi connectivity index (χ1v) is 9.22. The average molecular weight is 408 g/mol. The van der Waals surface area contributed by atoms with Gasteiger partial charge in [-0.05, 0) is 20.3 Å². The minimum Gasteiger partial charge on any atom is -0.338 e. The molecule has 0 fully saturated rings. The number of hydrogen-bond donors (Lipinski definition) is 2. The van der Waals surface area contributed by atoms with Gasteiger partial charge >= 0.3 is 17.0 Å². The number of carbonyl (C=O) groups excluding carboxylic acids is 1. The molecular weight excluding hydrogens is 394 g/mol. The summed E-state index contributed by atoms with van der Waals surface area (Å²) in [6.07, 6.45) is -1.64. The van der Waals surface area contributed by atoms with Crippen molar-refractivity contribution in [2.24, 2.45) is 0 Å². The molecule has 0 aromatic heterocycles. The zero-order chi connectivity index (χ0) is 19.6. The van der Waals surface area contributed by atoms with Crippen LogP contribution in [0.5, 0.6) is 0 Å². The highest BCUT2D eigenvalue weighted by molar-refractivity contribution is 8.09.